The molecule has 0 spiro atoms. The zero-order valence-electron chi connectivity index (χ0n) is 18.1. The van der Waals surface area contributed by atoms with Crippen molar-refractivity contribution in [3.63, 3.8) is 0 Å². The maximum Gasteiger partial charge on any atom is 0.159 e. The standard InChI is InChI=1S/C26H34N2O2/c1-21(29)24-7-9-25(10-8-24)28-17-13-26(30,14-18-28)20-27-15-11-23(12-16-27)19-22-5-3-2-4-6-22/h2-10,23,30H,11-20H2,1H3. The topological polar surface area (TPSA) is 43.8 Å². The molecule has 0 radical (unpaired) electrons. The van der Waals surface area contributed by atoms with Gasteiger partial charge in [0.2, 0.25) is 0 Å². The molecule has 4 nitrogen and oxygen atoms in total. The molecule has 1 N–H and O–H groups in total. The van der Waals surface area contributed by atoms with Gasteiger partial charge >= 0.3 is 0 Å². The smallest absolute Gasteiger partial charge is 0.159 e. The van der Waals surface area contributed by atoms with E-state index in [9.17, 15) is 9.90 Å². The number of β-amino-alcohol motifs (C(OH)–C–C–N with tert-alkyl or cyclic N) is 1. The van der Waals surface area contributed by atoms with Gasteiger partial charge in [0.1, 0.15) is 0 Å². The summed E-state index contributed by atoms with van der Waals surface area (Å²) < 4.78 is 0. The summed E-state index contributed by atoms with van der Waals surface area (Å²) in [7, 11) is 0. The number of benzene rings is 2. The van der Waals surface area contributed by atoms with Gasteiger partial charge in [-0.25, -0.2) is 0 Å². The van der Waals surface area contributed by atoms with Gasteiger partial charge < -0.3 is 14.9 Å². The number of likely N-dealkylation sites (tertiary alicyclic amines) is 1. The van der Waals surface area contributed by atoms with E-state index in [1.807, 2.05) is 24.3 Å². The number of aliphatic hydroxyl groups is 1. The first-order valence-corrected chi connectivity index (χ1v) is 11.4. The maximum atomic E-state index is 11.5. The lowest BCUT2D eigenvalue weighted by atomic mass is 9.87. The fourth-order valence-electron chi connectivity index (χ4n) is 4.96. The summed E-state index contributed by atoms with van der Waals surface area (Å²) in [6, 6.07) is 18.7. The molecule has 0 amide bonds. The summed E-state index contributed by atoms with van der Waals surface area (Å²) in [6.45, 7) is 6.30. The van der Waals surface area contributed by atoms with Crippen LogP contribution in [0.25, 0.3) is 0 Å². The minimum Gasteiger partial charge on any atom is -0.388 e. The van der Waals surface area contributed by atoms with E-state index < -0.39 is 5.60 Å². The number of anilines is 1. The van der Waals surface area contributed by atoms with Crippen LogP contribution < -0.4 is 4.90 Å². The van der Waals surface area contributed by atoms with Crippen LogP contribution in [0.4, 0.5) is 5.69 Å². The van der Waals surface area contributed by atoms with Crippen LogP contribution in [-0.2, 0) is 6.42 Å². The molecule has 4 heteroatoms. The largest absolute Gasteiger partial charge is 0.388 e. The van der Waals surface area contributed by atoms with E-state index in [-0.39, 0.29) is 5.78 Å². The van der Waals surface area contributed by atoms with Gasteiger partial charge in [0.05, 0.1) is 5.60 Å². The zero-order valence-corrected chi connectivity index (χ0v) is 18.1. The van der Waals surface area contributed by atoms with Crippen LogP contribution in [0.3, 0.4) is 0 Å². The molecule has 2 saturated heterocycles. The molecule has 0 aromatic heterocycles. The molecule has 4 rings (SSSR count). The Labute approximate surface area is 180 Å². The average molecular weight is 407 g/mol. The van der Waals surface area contributed by atoms with Gasteiger partial charge in [0.15, 0.2) is 5.78 Å². The SMILES string of the molecule is CC(=O)c1ccc(N2CCC(O)(CN3CCC(Cc4ccccc4)CC3)CC2)cc1. The van der Waals surface area contributed by atoms with Crippen molar-refractivity contribution in [2.75, 3.05) is 37.6 Å². The molecule has 0 aliphatic carbocycles. The lowest BCUT2D eigenvalue weighted by Crippen LogP contribution is -2.52. The van der Waals surface area contributed by atoms with Crippen LogP contribution in [0.5, 0.6) is 0 Å². The minimum atomic E-state index is -0.581. The van der Waals surface area contributed by atoms with E-state index >= 15 is 0 Å². The predicted molar refractivity (Wildman–Crippen MR) is 122 cm³/mol. The molecule has 0 bridgehead atoms. The van der Waals surface area contributed by atoms with Gasteiger partial charge in [0, 0.05) is 30.9 Å². The Hall–Kier alpha value is -2.17. The van der Waals surface area contributed by atoms with Crippen LogP contribution in [-0.4, -0.2) is 54.1 Å². The number of carbonyl (C=O) groups excluding carboxylic acids is 1. The van der Waals surface area contributed by atoms with E-state index in [0.717, 1.165) is 62.7 Å². The third-order valence-electron chi connectivity index (χ3n) is 6.93. The number of hydrogen-bond donors (Lipinski definition) is 1. The zero-order chi connectivity index (χ0) is 21.0. The van der Waals surface area contributed by atoms with E-state index in [1.54, 1.807) is 6.92 Å². The average Bonchev–Trinajstić information content (AvgIpc) is 2.76. The highest BCUT2D eigenvalue weighted by Crippen LogP contribution is 2.29. The van der Waals surface area contributed by atoms with Crippen LogP contribution in [0.15, 0.2) is 54.6 Å². The van der Waals surface area contributed by atoms with Crippen LogP contribution in [0.2, 0.25) is 0 Å². The van der Waals surface area contributed by atoms with Gasteiger partial charge in [0.25, 0.3) is 0 Å². The van der Waals surface area contributed by atoms with Crippen LogP contribution in [0, 0.1) is 5.92 Å². The Morgan fingerprint density at radius 1 is 0.967 bits per heavy atom. The Balaban J connectivity index is 1.23. The third-order valence-corrected chi connectivity index (χ3v) is 6.93. The van der Waals surface area contributed by atoms with Crippen molar-refractivity contribution < 1.29 is 9.90 Å². The molecule has 2 aromatic carbocycles. The summed E-state index contributed by atoms with van der Waals surface area (Å²) in [4.78, 5) is 16.3. The first-order valence-electron chi connectivity index (χ1n) is 11.4. The van der Waals surface area contributed by atoms with Gasteiger partial charge in [-0.2, -0.15) is 0 Å². The van der Waals surface area contributed by atoms with Crippen LogP contribution in [0.1, 0.15) is 48.5 Å². The highest BCUT2D eigenvalue weighted by molar-refractivity contribution is 5.94. The van der Waals surface area contributed by atoms with E-state index in [2.05, 4.69) is 40.1 Å². The highest BCUT2D eigenvalue weighted by atomic mass is 16.3. The molecule has 2 aliphatic rings. The van der Waals surface area contributed by atoms with Crippen molar-refractivity contribution in [1.29, 1.82) is 0 Å². The number of Topliss-reactive ketones (excluding diaryl/α,β-unsaturated/α-hetero) is 1. The van der Waals surface area contributed by atoms with Gasteiger partial charge in [-0.3, -0.25) is 4.79 Å². The lowest BCUT2D eigenvalue weighted by Gasteiger charge is -2.43. The number of ketones is 1. The summed E-state index contributed by atoms with van der Waals surface area (Å²) in [5.74, 6) is 0.861. The Morgan fingerprint density at radius 3 is 2.20 bits per heavy atom. The van der Waals surface area contributed by atoms with Crippen LogP contribution >= 0.6 is 0 Å². The number of piperidine rings is 2. The normalized spacial score (nSPS) is 20.3. The quantitative estimate of drug-likeness (QED) is 0.731. The monoisotopic (exact) mass is 406 g/mol. The molecular formula is C26H34N2O2. The third kappa shape index (κ3) is 5.30. The maximum absolute atomic E-state index is 11.5. The summed E-state index contributed by atoms with van der Waals surface area (Å²) in [5, 5.41) is 11.2. The molecule has 0 saturated carbocycles. The van der Waals surface area contributed by atoms with Crippen molar-refractivity contribution >= 4 is 11.5 Å². The van der Waals surface area contributed by atoms with E-state index in [4.69, 9.17) is 0 Å². The van der Waals surface area contributed by atoms with E-state index in [0.29, 0.717) is 0 Å². The number of rotatable bonds is 6. The Kier molecular flexibility index (Phi) is 6.55. The van der Waals surface area contributed by atoms with Crippen molar-refractivity contribution in [2.24, 2.45) is 5.92 Å². The first-order chi connectivity index (χ1) is 14.5. The van der Waals surface area contributed by atoms with Gasteiger partial charge in [-0.05, 0) is 87.9 Å². The second-order valence-corrected chi connectivity index (χ2v) is 9.22. The summed E-state index contributed by atoms with van der Waals surface area (Å²) in [5.41, 5.74) is 2.76. The van der Waals surface area contributed by atoms with Crippen molar-refractivity contribution in [1.82, 2.24) is 4.90 Å². The Bertz CT molecular complexity index is 818. The van der Waals surface area contributed by atoms with Crippen molar-refractivity contribution in [2.45, 2.75) is 44.6 Å². The van der Waals surface area contributed by atoms with Gasteiger partial charge in [-0.1, -0.05) is 30.3 Å². The minimum absolute atomic E-state index is 0.0992. The number of hydrogen-bond acceptors (Lipinski definition) is 4. The molecule has 30 heavy (non-hydrogen) atoms. The van der Waals surface area contributed by atoms with E-state index in [1.165, 1.54) is 24.8 Å². The fourth-order valence-corrected chi connectivity index (χ4v) is 4.96. The molecule has 0 atom stereocenters. The highest BCUT2D eigenvalue weighted by Gasteiger charge is 2.35. The lowest BCUT2D eigenvalue weighted by molar-refractivity contribution is -0.0234. The second-order valence-electron chi connectivity index (χ2n) is 9.22. The molecule has 160 valence electrons. The van der Waals surface area contributed by atoms with Crippen molar-refractivity contribution in [3.05, 3.63) is 65.7 Å². The summed E-state index contributed by atoms with van der Waals surface area (Å²) in [6.07, 6.45) is 5.21. The fraction of sp³-hybridized carbons (Fsp3) is 0.500. The van der Waals surface area contributed by atoms with Crippen molar-refractivity contribution in [3.8, 4) is 0 Å². The molecule has 2 heterocycles. The van der Waals surface area contributed by atoms with Gasteiger partial charge in [-0.15, -0.1) is 0 Å². The molecular weight excluding hydrogens is 372 g/mol. The molecule has 2 aromatic rings. The molecule has 0 unspecified atom stereocenters. The number of nitrogens with zero attached hydrogens (tertiary/aromatic N) is 2. The molecule has 2 aliphatic heterocycles. The molecule has 2 fully saturated rings. The Morgan fingerprint density at radius 2 is 1.60 bits per heavy atom. The second kappa shape index (κ2) is 9.32. The number of carbonyl (C=O) groups is 1. The first kappa shape index (κ1) is 21.1. The predicted octanol–water partition coefficient (Wildman–Crippen LogP) is 4.18. The summed E-state index contributed by atoms with van der Waals surface area (Å²) >= 11 is 0.